The van der Waals surface area contributed by atoms with Gasteiger partial charge in [0.1, 0.15) is 5.79 Å². The number of amides is 1. The van der Waals surface area contributed by atoms with Gasteiger partial charge in [-0.05, 0) is 0 Å². The van der Waals surface area contributed by atoms with Crippen molar-refractivity contribution in [2.24, 2.45) is 17.2 Å². The van der Waals surface area contributed by atoms with E-state index in [4.69, 9.17) is 17.2 Å². The summed E-state index contributed by atoms with van der Waals surface area (Å²) in [6.07, 6.45) is -4.94. The zero-order valence-corrected chi connectivity index (χ0v) is 5.98. The minimum Gasteiger partial charge on any atom is -0.344 e. The Balaban J connectivity index is 3.90. The molecule has 0 saturated heterocycles. The molecule has 0 aromatic rings. The van der Waals surface area contributed by atoms with E-state index in [1.165, 1.54) is 5.32 Å². The Bertz CT molecular complexity index is 172. The fourth-order valence-corrected chi connectivity index (χ4v) is 0.334. The van der Waals surface area contributed by atoms with Crippen LogP contribution in [-0.4, -0.2) is 24.4 Å². The summed E-state index contributed by atoms with van der Waals surface area (Å²) in [6, 6.07) is 0. The van der Waals surface area contributed by atoms with Crippen molar-refractivity contribution < 1.29 is 18.0 Å². The minimum absolute atomic E-state index is 0.647. The molecule has 0 atom stereocenters. The van der Waals surface area contributed by atoms with Crippen molar-refractivity contribution in [2.75, 3.05) is 6.54 Å². The number of nitrogens with two attached hydrogens (primary N) is 3. The Morgan fingerprint density at radius 3 is 1.92 bits per heavy atom. The quantitative estimate of drug-likeness (QED) is 0.381. The molecule has 5 nitrogen and oxygen atoms in total. The summed E-state index contributed by atoms with van der Waals surface area (Å²) in [5.74, 6) is -3.95. The van der Waals surface area contributed by atoms with Crippen molar-refractivity contribution in [1.29, 1.82) is 0 Å². The molecule has 0 aliphatic heterocycles. The topological polar surface area (TPSA) is 107 Å². The molecular weight excluding hydrogens is 177 g/mol. The van der Waals surface area contributed by atoms with Gasteiger partial charge in [0.25, 0.3) is 0 Å². The summed E-state index contributed by atoms with van der Waals surface area (Å²) in [5.41, 5.74) is 14.7. The Morgan fingerprint density at radius 2 is 1.67 bits per heavy atom. The number of hydrogen-bond donors (Lipinski definition) is 4. The highest BCUT2D eigenvalue weighted by Crippen LogP contribution is 2.13. The lowest BCUT2D eigenvalue weighted by atomic mass is 10.4. The van der Waals surface area contributed by atoms with Crippen LogP contribution in [0.5, 0.6) is 0 Å². The zero-order valence-electron chi connectivity index (χ0n) is 5.98. The van der Waals surface area contributed by atoms with E-state index in [-0.39, 0.29) is 0 Å². The normalized spacial score (nSPS) is 12.8. The number of hydrogen-bond acceptors (Lipinski definition) is 4. The molecule has 8 heteroatoms. The van der Waals surface area contributed by atoms with Crippen LogP contribution in [0.3, 0.4) is 0 Å². The standard InChI is InChI=1S/C4H9F3N4O/c5-4(6,7)2(12)11-1-3(8,9)10/h1,8-10H2,(H,11,12). The fourth-order valence-electron chi connectivity index (χ4n) is 0.334. The Morgan fingerprint density at radius 1 is 1.25 bits per heavy atom. The van der Waals surface area contributed by atoms with Crippen LogP contribution in [0, 0.1) is 0 Å². The molecular formula is C4H9F3N4O. The maximum atomic E-state index is 11.5. The van der Waals surface area contributed by atoms with Crippen molar-refractivity contribution in [2.45, 2.75) is 12.0 Å². The van der Waals surface area contributed by atoms with Gasteiger partial charge in [0, 0.05) is 0 Å². The highest BCUT2D eigenvalue weighted by atomic mass is 19.4. The molecule has 0 bridgehead atoms. The summed E-state index contributed by atoms with van der Waals surface area (Å²) in [5, 5.41) is 1.42. The van der Waals surface area contributed by atoms with Gasteiger partial charge in [-0.1, -0.05) is 0 Å². The highest BCUT2D eigenvalue weighted by Gasteiger charge is 2.38. The van der Waals surface area contributed by atoms with Crippen molar-refractivity contribution in [3.63, 3.8) is 0 Å². The lowest BCUT2D eigenvalue weighted by Crippen LogP contribution is -2.65. The van der Waals surface area contributed by atoms with Crippen LogP contribution in [-0.2, 0) is 4.79 Å². The number of alkyl halides is 3. The van der Waals surface area contributed by atoms with Crippen LogP contribution < -0.4 is 22.5 Å². The molecule has 0 saturated carbocycles. The van der Waals surface area contributed by atoms with Gasteiger partial charge in [-0.25, -0.2) is 0 Å². The first-order chi connectivity index (χ1) is 5.13. The average molecular weight is 186 g/mol. The average Bonchev–Trinajstić information content (AvgIpc) is 1.78. The van der Waals surface area contributed by atoms with E-state index >= 15 is 0 Å². The van der Waals surface area contributed by atoms with Crippen LogP contribution in [0.1, 0.15) is 0 Å². The van der Waals surface area contributed by atoms with Crippen molar-refractivity contribution in [3.05, 3.63) is 0 Å². The number of rotatable bonds is 2. The van der Waals surface area contributed by atoms with Crippen LogP contribution in [0.15, 0.2) is 0 Å². The van der Waals surface area contributed by atoms with Crippen molar-refractivity contribution in [3.8, 4) is 0 Å². The molecule has 7 N–H and O–H groups in total. The van der Waals surface area contributed by atoms with E-state index in [0.29, 0.717) is 0 Å². The van der Waals surface area contributed by atoms with Crippen molar-refractivity contribution in [1.82, 2.24) is 5.32 Å². The lowest BCUT2D eigenvalue weighted by molar-refractivity contribution is -0.173. The number of carbonyl (C=O) groups excluding carboxylic acids is 1. The Kier molecular flexibility index (Phi) is 3.02. The molecule has 0 aromatic heterocycles. The van der Waals surface area contributed by atoms with Gasteiger partial charge >= 0.3 is 12.1 Å². The lowest BCUT2D eigenvalue weighted by Gasteiger charge is -2.19. The van der Waals surface area contributed by atoms with Crippen molar-refractivity contribution >= 4 is 5.91 Å². The van der Waals surface area contributed by atoms with E-state index in [2.05, 4.69) is 0 Å². The number of carbonyl (C=O) groups is 1. The summed E-state index contributed by atoms with van der Waals surface area (Å²) in [6.45, 7) is -0.647. The summed E-state index contributed by atoms with van der Waals surface area (Å²) < 4.78 is 34.5. The van der Waals surface area contributed by atoms with E-state index < -0.39 is 24.4 Å². The van der Waals surface area contributed by atoms with Gasteiger partial charge in [-0.3, -0.25) is 22.0 Å². The molecule has 0 spiro atoms. The summed E-state index contributed by atoms with van der Waals surface area (Å²) >= 11 is 0. The molecule has 1 amide bonds. The molecule has 0 aromatic carbocycles. The highest BCUT2D eigenvalue weighted by molar-refractivity contribution is 5.81. The van der Waals surface area contributed by atoms with Gasteiger partial charge in [0.05, 0.1) is 6.54 Å². The third kappa shape index (κ3) is 4.88. The zero-order chi connectivity index (χ0) is 9.99. The largest absolute Gasteiger partial charge is 0.471 e. The van der Waals surface area contributed by atoms with E-state index in [9.17, 15) is 18.0 Å². The molecule has 72 valence electrons. The minimum atomic E-state index is -4.94. The number of halogens is 3. The predicted molar refractivity (Wildman–Crippen MR) is 34.4 cm³/mol. The Labute approximate surface area is 66.1 Å². The van der Waals surface area contributed by atoms with Gasteiger partial charge in [-0.2, -0.15) is 13.2 Å². The van der Waals surface area contributed by atoms with Gasteiger partial charge in [0.15, 0.2) is 0 Å². The van der Waals surface area contributed by atoms with Gasteiger partial charge < -0.3 is 5.32 Å². The second kappa shape index (κ2) is 3.25. The third-order valence-corrected chi connectivity index (χ3v) is 0.813. The van der Waals surface area contributed by atoms with Gasteiger partial charge in [0.2, 0.25) is 0 Å². The monoisotopic (exact) mass is 186 g/mol. The van der Waals surface area contributed by atoms with E-state index in [1.807, 2.05) is 0 Å². The third-order valence-electron chi connectivity index (χ3n) is 0.813. The summed E-state index contributed by atoms with van der Waals surface area (Å²) in [4.78, 5) is 10.1. The maximum Gasteiger partial charge on any atom is 0.471 e. The maximum absolute atomic E-state index is 11.5. The molecule has 0 fully saturated rings. The first kappa shape index (κ1) is 11.1. The molecule has 0 unspecified atom stereocenters. The first-order valence-corrected chi connectivity index (χ1v) is 2.84. The molecule has 0 heterocycles. The van der Waals surface area contributed by atoms with E-state index in [0.717, 1.165) is 0 Å². The van der Waals surface area contributed by atoms with Gasteiger partial charge in [-0.15, -0.1) is 0 Å². The predicted octanol–water partition coefficient (Wildman–Crippen LogP) is -1.81. The molecule has 0 aliphatic carbocycles. The molecule has 0 aliphatic rings. The second-order valence-electron chi connectivity index (χ2n) is 2.29. The second-order valence-corrected chi connectivity index (χ2v) is 2.29. The molecule has 0 radical (unpaired) electrons. The van der Waals surface area contributed by atoms with Crippen LogP contribution in [0.4, 0.5) is 13.2 Å². The molecule has 0 rings (SSSR count). The van der Waals surface area contributed by atoms with E-state index in [1.54, 1.807) is 0 Å². The SMILES string of the molecule is NC(N)(N)CNC(=O)C(F)(F)F. The first-order valence-electron chi connectivity index (χ1n) is 2.84. The Hall–Kier alpha value is -0.860. The van der Waals surface area contributed by atoms with Crippen LogP contribution in [0.25, 0.3) is 0 Å². The fraction of sp³-hybridized carbons (Fsp3) is 0.750. The van der Waals surface area contributed by atoms with Crippen LogP contribution in [0.2, 0.25) is 0 Å². The smallest absolute Gasteiger partial charge is 0.344 e. The molecule has 12 heavy (non-hydrogen) atoms. The summed E-state index contributed by atoms with van der Waals surface area (Å²) in [7, 11) is 0. The van der Waals surface area contributed by atoms with Crippen LogP contribution >= 0.6 is 0 Å². The number of nitrogens with one attached hydrogen (secondary N) is 1.